The number of fused-ring (bicyclic) bond motifs is 1. The predicted octanol–water partition coefficient (Wildman–Crippen LogP) is 3.77. The van der Waals surface area contributed by atoms with Crippen LogP contribution in [0.1, 0.15) is 11.1 Å². The molecular weight excluding hydrogens is 344 g/mol. The average molecular weight is 359 g/mol. The van der Waals surface area contributed by atoms with Gasteiger partial charge in [-0.3, -0.25) is 4.79 Å². The van der Waals surface area contributed by atoms with Gasteiger partial charge in [-0.1, -0.05) is 47.6 Å². The summed E-state index contributed by atoms with van der Waals surface area (Å²) in [6.45, 7) is 2.01. The monoisotopic (exact) mass is 358 g/mol. The molecule has 0 radical (unpaired) electrons. The molecule has 2 N–H and O–H groups in total. The van der Waals surface area contributed by atoms with Crippen LogP contribution in [0, 0.1) is 6.92 Å². The van der Waals surface area contributed by atoms with E-state index in [1.54, 1.807) is 18.3 Å². The van der Waals surface area contributed by atoms with Crippen molar-refractivity contribution in [3.8, 4) is 0 Å². The van der Waals surface area contributed by atoms with Crippen LogP contribution in [0.5, 0.6) is 0 Å². The van der Waals surface area contributed by atoms with Gasteiger partial charge in [0.25, 0.3) is 5.91 Å². The molecule has 0 aliphatic carbocycles. The van der Waals surface area contributed by atoms with E-state index in [1.165, 1.54) is 11.8 Å². The van der Waals surface area contributed by atoms with Crippen LogP contribution in [-0.4, -0.2) is 27.8 Å². The maximum absolute atomic E-state index is 11.8. The first-order valence-corrected chi connectivity index (χ1v) is 8.64. The van der Waals surface area contributed by atoms with Gasteiger partial charge in [-0.25, -0.2) is 10.4 Å². The van der Waals surface area contributed by atoms with Crippen molar-refractivity contribution in [2.45, 2.75) is 12.1 Å². The fourth-order valence-corrected chi connectivity index (χ4v) is 2.91. The van der Waals surface area contributed by atoms with Gasteiger partial charge in [-0.05, 0) is 36.2 Å². The topological polar surface area (TPSA) is 70.1 Å². The van der Waals surface area contributed by atoms with Crippen molar-refractivity contribution in [1.82, 2.24) is 15.4 Å². The minimum atomic E-state index is -0.192. The van der Waals surface area contributed by atoms with Crippen LogP contribution in [0.3, 0.4) is 0 Å². The molecule has 122 valence electrons. The van der Waals surface area contributed by atoms with Gasteiger partial charge in [0.1, 0.15) is 0 Å². The van der Waals surface area contributed by atoms with Gasteiger partial charge in [0, 0.05) is 5.02 Å². The summed E-state index contributed by atoms with van der Waals surface area (Å²) in [6, 6.07) is 13.1. The van der Waals surface area contributed by atoms with Gasteiger partial charge < -0.3 is 4.98 Å². The molecule has 7 heteroatoms. The normalized spacial score (nSPS) is 11.2. The number of thioether (sulfide) groups is 1. The standard InChI is InChI=1S/C17H15ClN4OS/c1-11-3-2-4-14-16(11)21-17(20-14)24-10-15(23)22-19-9-12-5-7-13(18)8-6-12/h2-9H,10H2,1H3,(H,20,21)(H,22,23)/b19-9+. The van der Waals surface area contributed by atoms with Gasteiger partial charge in [0.05, 0.1) is 23.0 Å². The number of nitrogens with zero attached hydrogens (tertiary/aromatic N) is 2. The van der Waals surface area contributed by atoms with Crippen LogP contribution in [0.4, 0.5) is 0 Å². The molecule has 5 nitrogen and oxygen atoms in total. The van der Waals surface area contributed by atoms with E-state index in [-0.39, 0.29) is 11.7 Å². The fraction of sp³-hybridized carbons (Fsp3) is 0.118. The Kier molecular flexibility index (Phi) is 5.17. The summed E-state index contributed by atoms with van der Waals surface area (Å²) in [5.74, 6) is 0.0407. The summed E-state index contributed by atoms with van der Waals surface area (Å²) in [5, 5.41) is 5.31. The Morgan fingerprint density at radius 2 is 2.12 bits per heavy atom. The van der Waals surface area contributed by atoms with E-state index in [0.717, 1.165) is 27.3 Å². The smallest absolute Gasteiger partial charge is 0.250 e. The second-order valence-electron chi connectivity index (χ2n) is 5.15. The van der Waals surface area contributed by atoms with E-state index in [2.05, 4.69) is 20.5 Å². The highest BCUT2D eigenvalue weighted by Crippen LogP contribution is 2.21. The number of amides is 1. The summed E-state index contributed by atoms with van der Waals surface area (Å²) < 4.78 is 0. The van der Waals surface area contributed by atoms with Gasteiger partial charge in [0.2, 0.25) is 0 Å². The zero-order chi connectivity index (χ0) is 16.9. The van der Waals surface area contributed by atoms with Crippen LogP contribution in [-0.2, 0) is 4.79 Å². The molecule has 3 aromatic rings. The van der Waals surface area contributed by atoms with E-state index >= 15 is 0 Å². The van der Waals surface area contributed by atoms with E-state index < -0.39 is 0 Å². The number of hydrogen-bond acceptors (Lipinski definition) is 4. The number of H-pyrrole nitrogens is 1. The van der Waals surface area contributed by atoms with E-state index in [0.29, 0.717) is 5.02 Å². The van der Waals surface area contributed by atoms with Crippen molar-refractivity contribution < 1.29 is 4.79 Å². The van der Waals surface area contributed by atoms with E-state index in [4.69, 9.17) is 11.6 Å². The maximum Gasteiger partial charge on any atom is 0.250 e. The number of benzene rings is 2. The summed E-state index contributed by atoms with van der Waals surface area (Å²) in [6.07, 6.45) is 1.57. The van der Waals surface area contributed by atoms with Crippen molar-refractivity contribution in [2.24, 2.45) is 5.10 Å². The van der Waals surface area contributed by atoms with Crippen LogP contribution < -0.4 is 5.43 Å². The first-order valence-electron chi connectivity index (χ1n) is 7.27. The molecule has 2 aromatic carbocycles. The lowest BCUT2D eigenvalue weighted by molar-refractivity contribution is -0.118. The first kappa shape index (κ1) is 16.5. The minimum absolute atomic E-state index is 0.192. The number of carbonyl (C=O) groups excluding carboxylic acids is 1. The molecule has 0 saturated carbocycles. The predicted molar refractivity (Wildman–Crippen MR) is 98.7 cm³/mol. The van der Waals surface area contributed by atoms with Crippen LogP contribution >= 0.6 is 23.4 Å². The number of aryl methyl sites for hydroxylation is 1. The number of hydrogen-bond donors (Lipinski definition) is 2. The van der Waals surface area contributed by atoms with Crippen molar-refractivity contribution in [3.05, 3.63) is 58.6 Å². The summed E-state index contributed by atoms with van der Waals surface area (Å²) in [5.41, 5.74) is 6.36. The Morgan fingerprint density at radius 3 is 2.88 bits per heavy atom. The zero-order valence-corrected chi connectivity index (χ0v) is 14.5. The Bertz CT molecular complexity index is 889. The van der Waals surface area contributed by atoms with Gasteiger partial charge in [0.15, 0.2) is 5.16 Å². The number of para-hydroxylation sites is 1. The van der Waals surface area contributed by atoms with Crippen LogP contribution in [0.2, 0.25) is 5.02 Å². The zero-order valence-electron chi connectivity index (χ0n) is 12.9. The Hall–Kier alpha value is -2.31. The molecule has 0 bridgehead atoms. The molecule has 0 saturated heterocycles. The van der Waals surface area contributed by atoms with Crippen molar-refractivity contribution in [2.75, 3.05) is 5.75 Å². The quantitative estimate of drug-likeness (QED) is 0.414. The van der Waals surface area contributed by atoms with E-state index in [9.17, 15) is 4.79 Å². The van der Waals surface area contributed by atoms with Crippen LogP contribution in [0.15, 0.2) is 52.7 Å². The molecule has 1 heterocycles. The number of nitrogens with one attached hydrogen (secondary N) is 2. The lowest BCUT2D eigenvalue weighted by Crippen LogP contribution is -2.19. The highest BCUT2D eigenvalue weighted by Gasteiger charge is 2.07. The lowest BCUT2D eigenvalue weighted by atomic mass is 10.2. The van der Waals surface area contributed by atoms with Gasteiger partial charge in [-0.15, -0.1) is 0 Å². The Labute approximate surface area is 148 Å². The highest BCUT2D eigenvalue weighted by atomic mass is 35.5. The number of halogens is 1. The highest BCUT2D eigenvalue weighted by molar-refractivity contribution is 7.99. The molecule has 0 atom stereocenters. The third-order valence-electron chi connectivity index (χ3n) is 3.31. The average Bonchev–Trinajstić information content (AvgIpc) is 2.99. The maximum atomic E-state index is 11.8. The molecule has 0 fully saturated rings. The summed E-state index contributed by atoms with van der Waals surface area (Å²) in [4.78, 5) is 19.5. The summed E-state index contributed by atoms with van der Waals surface area (Å²) in [7, 11) is 0. The second kappa shape index (κ2) is 7.51. The largest absolute Gasteiger partial charge is 0.333 e. The molecule has 0 aliphatic heterocycles. The fourth-order valence-electron chi connectivity index (χ4n) is 2.12. The molecule has 1 amide bonds. The molecule has 0 aliphatic rings. The number of carbonyl (C=O) groups is 1. The van der Waals surface area contributed by atoms with Crippen molar-refractivity contribution >= 4 is 46.5 Å². The minimum Gasteiger partial charge on any atom is -0.333 e. The Morgan fingerprint density at radius 1 is 1.33 bits per heavy atom. The summed E-state index contributed by atoms with van der Waals surface area (Å²) >= 11 is 7.15. The molecule has 1 aromatic heterocycles. The third-order valence-corrected chi connectivity index (χ3v) is 4.43. The number of aromatic amines is 1. The van der Waals surface area contributed by atoms with Crippen molar-refractivity contribution in [1.29, 1.82) is 0 Å². The number of hydrazone groups is 1. The number of rotatable bonds is 5. The van der Waals surface area contributed by atoms with Gasteiger partial charge >= 0.3 is 0 Å². The van der Waals surface area contributed by atoms with Crippen LogP contribution in [0.25, 0.3) is 11.0 Å². The molecule has 3 rings (SSSR count). The second-order valence-corrected chi connectivity index (χ2v) is 6.55. The SMILES string of the molecule is Cc1cccc2[nH]c(SCC(=O)N/N=C/c3ccc(Cl)cc3)nc12. The number of imidazole rings is 1. The Balaban J connectivity index is 1.53. The lowest BCUT2D eigenvalue weighted by Gasteiger charge is -1.98. The van der Waals surface area contributed by atoms with Gasteiger partial charge in [-0.2, -0.15) is 5.10 Å². The first-order chi connectivity index (χ1) is 11.6. The number of aromatic nitrogens is 2. The molecule has 24 heavy (non-hydrogen) atoms. The third kappa shape index (κ3) is 4.15. The molecule has 0 spiro atoms. The molecule has 0 unspecified atom stereocenters. The van der Waals surface area contributed by atoms with Crippen molar-refractivity contribution in [3.63, 3.8) is 0 Å². The van der Waals surface area contributed by atoms with E-state index in [1.807, 2.05) is 37.3 Å². The molecular formula is C17H15ClN4OS.